The van der Waals surface area contributed by atoms with Crippen LogP contribution in [0.4, 0.5) is 10.1 Å². The van der Waals surface area contributed by atoms with Gasteiger partial charge in [-0.2, -0.15) is 0 Å². The fourth-order valence-electron chi connectivity index (χ4n) is 1.70. The largest absolute Gasteiger partial charge is 0.494 e. The van der Waals surface area contributed by atoms with E-state index in [0.717, 1.165) is 5.75 Å². The minimum Gasteiger partial charge on any atom is -0.494 e. The molecule has 2 aromatic rings. The van der Waals surface area contributed by atoms with Crippen LogP contribution in [0.15, 0.2) is 48.5 Å². The molecule has 0 saturated carbocycles. The Kier molecular flexibility index (Phi) is 5.15. The summed E-state index contributed by atoms with van der Waals surface area (Å²) in [6.45, 7) is 2.31. The van der Waals surface area contributed by atoms with Crippen LogP contribution in [0.3, 0.4) is 0 Å². The van der Waals surface area contributed by atoms with Gasteiger partial charge in [-0.15, -0.1) is 0 Å². The molecule has 21 heavy (non-hydrogen) atoms. The van der Waals surface area contributed by atoms with Crippen molar-refractivity contribution in [2.45, 2.75) is 6.92 Å². The van der Waals surface area contributed by atoms with Crippen molar-refractivity contribution in [3.05, 3.63) is 54.3 Å². The molecule has 0 aliphatic carbocycles. The van der Waals surface area contributed by atoms with Gasteiger partial charge in [-0.05, 0) is 43.3 Å². The molecular weight excluding hydrogens is 273 g/mol. The predicted octanol–water partition coefficient (Wildman–Crippen LogP) is 3.24. The topological polar surface area (TPSA) is 47.6 Å². The highest BCUT2D eigenvalue weighted by Gasteiger charge is 2.04. The number of anilines is 1. The van der Waals surface area contributed by atoms with Crippen LogP contribution in [0, 0.1) is 5.82 Å². The van der Waals surface area contributed by atoms with Gasteiger partial charge in [-0.25, -0.2) is 4.39 Å². The Bertz CT molecular complexity index is 599. The molecule has 0 aliphatic heterocycles. The van der Waals surface area contributed by atoms with Crippen LogP contribution in [0.2, 0.25) is 0 Å². The van der Waals surface area contributed by atoms with Crippen LogP contribution < -0.4 is 14.8 Å². The zero-order valence-electron chi connectivity index (χ0n) is 11.6. The van der Waals surface area contributed by atoms with Gasteiger partial charge in [0.2, 0.25) is 0 Å². The lowest BCUT2D eigenvalue weighted by Crippen LogP contribution is -2.20. The fraction of sp³-hybridized carbons (Fsp3) is 0.188. The maximum Gasteiger partial charge on any atom is 0.262 e. The Balaban J connectivity index is 1.84. The Labute approximate surface area is 122 Å². The standard InChI is InChI=1S/C16H16FNO3/c1-2-20-14-8-6-13(7-9-14)18-16(19)11-21-15-5-3-4-12(17)10-15/h3-10H,2,11H2,1H3,(H,18,19). The number of rotatable bonds is 6. The number of nitrogens with one attached hydrogen (secondary N) is 1. The lowest BCUT2D eigenvalue weighted by atomic mass is 10.3. The minimum atomic E-state index is -0.403. The summed E-state index contributed by atoms with van der Waals surface area (Å²) in [5, 5.41) is 2.68. The molecule has 2 aromatic carbocycles. The summed E-state index contributed by atoms with van der Waals surface area (Å²) in [5.74, 6) is 0.339. The van der Waals surface area contributed by atoms with Crippen LogP contribution in [0.25, 0.3) is 0 Å². The van der Waals surface area contributed by atoms with Crippen molar-refractivity contribution in [3.8, 4) is 11.5 Å². The van der Waals surface area contributed by atoms with Crippen LogP contribution in [-0.4, -0.2) is 19.1 Å². The second kappa shape index (κ2) is 7.28. The third-order valence-corrected chi connectivity index (χ3v) is 2.62. The minimum absolute atomic E-state index is 0.184. The number of ether oxygens (including phenoxy) is 2. The van der Waals surface area contributed by atoms with E-state index in [0.29, 0.717) is 18.0 Å². The van der Waals surface area contributed by atoms with E-state index in [9.17, 15) is 9.18 Å². The van der Waals surface area contributed by atoms with Crippen molar-refractivity contribution in [2.75, 3.05) is 18.5 Å². The average Bonchev–Trinajstić information content (AvgIpc) is 2.48. The van der Waals surface area contributed by atoms with Crippen molar-refractivity contribution in [1.82, 2.24) is 0 Å². The molecule has 0 atom stereocenters. The monoisotopic (exact) mass is 289 g/mol. The third kappa shape index (κ3) is 4.80. The maximum absolute atomic E-state index is 12.9. The van der Waals surface area contributed by atoms with Crippen LogP contribution in [0.5, 0.6) is 11.5 Å². The summed E-state index contributed by atoms with van der Waals surface area (Å²) in [5.41, 5.74) is 0.645. The van der Waals surface area contributed by atoms with Gasteiger partial charge in [0.15, 0.2) is 6.61 Å². The van der Waals surface area contributed by atoms with E-state index < -0.39 is 5.82 Å². The molecule has 2 rings (SSSR count). The SMILES string of the molecule is CCOc1ccc(NC(=O)COc2cccc(F)c2)cc1. The molecule has 0 bridgehead atoms. The van der Waals surface area contributed by atoms with Crippen molar-refractivity contribution in [1.29, 1.82) is 0 Å². The Morgan fingerprint density at radius 2 is 1.86 bits per heavy atom. The third-order valence-electron chi connectivity index (χ3n) is 2.62. The van der Waals surface area contributed by atoms with Crippen molar-refractivity contribution >= 4 is 11.6 Å². The smallest absolute Gasteiger partial charge is 0.262 e. The first-order valence-electron chi connectivity index (χ1n) is 6.58. The first-order chi connectivity index (χ1) is 10.2. The highest BCUT2D eigenvalue weighted by atomic mass is 19.1. The Morgan fingerprint density at radius 1 is 1.10 bits per heavy atom. The van der Waals surface area contributed by atoms with Crippen molar-refractivity contribution in [3.63, 3.8) is 0 Å². The zero-order chi connectivity index (χ0) is 15.1. The van der Waals surface area contributed by atoms with E-state index in [4.69, 9.17) is 9.47 Å². The highest BCUT2D eigenvalue weighted by Crippen LogP contribution is 2.16. The average molecular weight is 289 g/mol. The number of halogens is 1. The molecular formula is C16H16FNO3. The Hall–Kier alpha value is -2.56. The zero-order valence-corrected chi connectivity index (χ0v) is 11.6. The summed E-state index contributed by atoms with van der Waals surface area (Å²) in [6, 6.07) is 12.7. The van der Waals surface area contributed by atoms with Crippen LogP contribution in [-0.2, 0) is 4.79 Å². The molecule has 1 amide bonds. The molecule has 0 aromatic heterocycles. The number of hydrogen-bond acceptors (Lipinski definition) is 3. The van der Waals surface area contributed by atoms with E-state index in [1.165, 1.54) is 18.2 Å². The normalized spacial score (nSPS) is 10.0. The molecule has 110 valence electrons. The molecule has 1 N–H and O–H groups in total. The van der Waals surface area contributed by atoms with Gasteiger partial charge in [0.1, 0.15) is 17.3 Å². The Morgan fingerprint density at radius 3 is 2.52 bits per heavy atom. The van der Waals surface area contributed by atoms with Crippen molar-refractivity contribution < 1.29 is 18.7 Å². The highest BCUT2D eigenvalue weighted by molar-refractivity contribution is 5.91. The second-order valence-corrected chi connectivity index (χ2v) is 4.25. The molecule has 0 fully saturated rings. The number of benzene rings is 2. The van der Waals surface area contributed by atoms with E-state index >= 15 is 0 Å². The van der Waals surface area contributed by atoms with Gasteiger partial charge in [-0.1, -0.05) is 6.07 Å². The second-order valence-electron chi connectivity index (χ2n) is 4.25. The van der Waals surface area contributed by atoms with E-state index in [-0.39, 0.29) is 12.5 Å². The molecule has 0 spiro atoms. The molecule has 0 unspecified atom stereocenters. The lowest BCUT2D eigenvalue weighted by molar-refractivity contribution is -0.118. The fourth-order valence-corrected chi connectivity index (χ4v) is 1.70. The van der Waals surface area contributed by atoms with E-state index in [1.807, 2.05) is 6.92 Å². The number of carbonyl (C=O) groups is 1. The molecule has 0 heterocycles. The van der Waals surface area contributed by atoms with Crippen molar-refractivity contribution in [2.24, 2.45) is 0 Å². The summed E-state index contributed by atoms with van der Waals surface area (Å²) >= 11 is 0. The molecule has 5 heteroatoms. The number of hydrogen-bond donors (Lipinski definition) is 1. The predicted molar refractivity (Wildman–Crippen MR) is 78.1 cm³/mol. The van der Waals surface area contributed by atoms with Gasteiger partial charge < -0.3 is 14.8 Å². The van der Waals surface area contributed by atoms with Gasteiger partial charge in [0, 0.05) is 11.8 Å². The van der Waals surface area contributed by atoms with E-state index in [2.05, 4.69) is 5.32 Å². The van der Waals surface area contributed by atoms with Gasteiger partial charge in [0.05, 0.1) is 6.61 Å². The summed E-state index contributed by atoms with van der Waals surface area (Å²) in [4.78, 5) is 11.7. The first-order valence-corrected chi connectivity index (χ1v) is 6.58. The maximum atomic E-state index is 12.9. The quantitative estimate of drug-likeness (QED) is 0.888. The van der Waals surface area contributed by atoms with Gasteiger partial charge in [-0.3, -0.25) is 4.79 Å². The number of amides is 1. The molecule has 4 nitrogen and oxygen atoms in total. The first kappa shape index (κ1) is 14.8. The summed E-state index contributed by atoms with van der Waals surface area (Å²) in [7, 11) is 0. The van der Waals surface area contributed by atoms with E-state index in [1.54, 1.807) is 30.3 Å². The molecule has 0 radical (unpaired) electrons. The van der Waals surface area contributed by atoms with Gasteiger partial charge in [0.25, 0.3) is 5.91 Å². The van der Waals surface area contributed by atoms with Crippen LogP contribution in [0.1, 0.15) is 6.92 Å². The lowest BCUT2D eigenvalue weighted by Gasteiger charge is -2.08. The molecule has 0 saturated heterocycles. The van der Waals surface area contributed by atoms with Crippen LogP contribution >= 0.6 is 0 Å². The number of carbonyl (C=O) groups excluding carboxylic acids is 1. The summed E-state index contributed by atoms with van der Waals surface area (Å²) in [6.07, 6.45) is 0. The molecule has 0 aliphatic rings. The van der Waals surface area contributed by atoms with Gasteiger partial charge >= 0.3 is 0 Å². The summed E-state index contributed by atoms with van der Waals surface area (Å²) < 4.78 is 23.5.